The number of aromatic nitrogens is 3. The van der Waals surface area contributed by atoms with Gasteiger partial charge in [0.15, 0.2) is 0 Å². The number of rotatable bonds is 9. The normalized spacial score (nSPS) is 17.4. The van der Waals surface area contributed by atoms with Gasteiger partial charge in [-0.2, -0.15) is 0 Å². The van der Waals surface area contributed by atoms with E-state index in [4.69, 9.17) is 26.1 Å². The van der Waals surface area contributed by atoms with Crippen LogP contribution in [0.15, 0.2) is 60.9 Å². The van der Waals surface area contributed by atoms with E-state index in [2.05, 4.69) is 20.5 Å². The molecule has 0 amide bonds. The number of carbonyl (C=O) groups is 1. The van der Waals surface area contributed by atoms with Gasteiger partial charge in [0, 0.05) is 36.5 Å². The van der Waals surface area contributed by atoms with Gasteiger partial charge in [-0.05, 0) is 60.4 Å². The number of hydrogen-bond donors (Lipinski definition) is 1. The summed E-state index contributed by atoms with van der Waals surface area (Å²) in [4.78, 5) is 23.1. The number of halogens is 2. The number of hydrogen-bond acceptors (Lipinski definition) is 6. The van der Waals surface area contributed by atoms with Crippen LogP contribution in [-0.4, -0.2) is 56.3 Å². The van der Waals surface area contributed by atoms with Crippen molar-refractivity contribution in [3.05, 3.63) is 94.3 Å². The van der Waals surface area contributed by atoms with E-state index >= 15 is 0 Å². The first kappa shape index (κ1) is 26.4. The molecule has 4 heterocycles. The highest BCUT2D eigenvalue weighted by Crippen LogP contribution is 2.28. The van der Waals surface area contributed by atoms with Gasteiger partial charge in [0.1, 0.15) is 24.0 Å². The molecule has 40 heavy (non-hydrogen) atoms. The molecule has 0 aliphatic carbocycles. The summed E-state index contributed by atoms with van der Waals surface area (Å²) in [5.74, 6) is 0.118. The average molecular weight is 563 g/mol. The highest BCUT2D eigenvalue weighted by Gasteiger charge is 2.24. The minimum Gasteiger partial charge on any atom is -0.487 e. The summed E-state index contributed by atoms with van der Waals surface area (Å²) in [5, 5.41) is 9.83. The third kappa shape index (κ3) is 5.72. The van der Waals surface area contributed by atoms with Gasteiger partial charge in [-0.15, -0.1) is 0 Å². The lowest BCUT2D eigenvalue weighted by Gasteiger charge is -2.29. The number of pyridine rings is 1. The van der Waals surface area contributed by atoms with Crippen LogP contribution < -0.4 is 4.74 Å². The van der Waals surface area contributed by atoms with Crippen molar-refractivity contribution in [3.63, 3.8) is 0 Å². The maximum atomic E-state index is 14.1. The Kier molecular flexibility index (Phi) is 7.51. The van der Waals surface area contributed by atoms with Gasteiger partial charge < -0.3 is 19.1 Å². The fourth-order valence-corrected chi connectivity index (χ4v) is 5.21. The van der Waals surface area contributed by atoms with Crippen LogP contribution in [-0.2, 0) is 24.4 Å². The van der Waals surface area contributed by atoms with Gasteiger partial charge in [0.2, 0.25) is 0 Å². The number of carboxylic acids is 1. The Morgan fingerprint density at radius 1 is 1.20 bits per heavy atom. The number of benzene rings is 2. The van der Waals surface area contributed by atoms with Gasteiger partial charge in [-0.25, -0.2) is 14.2 Å². The largest absolute Gasteiger partial charge is 0.487 e. The molecule has 6 rings (SSSR count). The SMILES string of the molecule is O=C(O)c1ccc2nc(CN3CC=C(c4cncc(OCc5ccc(Cl)cc5F)c4)CC3)n(C[C@@H]3CCO3)c2c1. The van der Waals surface area contributed by atoms with Crippen LogP contribution in [0.1, 0.15) is 40.2 Å². The molecule has 2 aromatic carbocycles. The van der Waals surface area contributed by atoms with E-state index in [9.17, 15) is 14.3 Å². The van der Waals surface area contributed by atoms with Crippen molar-refractivity contribution < 1.29 is 23.8 Å². The number of nitrogens with zero attached hydrogens (tertiary/aromatic N) is 4. The van der Waals surface area contributed by atoms with E-state index in [0.29, 0.717) is 29.4 Å². The molecule has 0 unspecified atom stereocenters. The lowest BCUT2D eigenvalue weighted by Crippen LogP contribution is -2.33. The van der Waals surface area contributed by atoms with E-state index in [1.54, 1.807) is 36.5 Å². The van der Waals surface area contributed by atoms with Crippen molar-refractivity contribution in [3.8, 4) is 5.75 Å². The van der Waals surface area contributed by atoms with Crippen LogP contribution >= 0.6 is 11.6 Å². The topological polar surface area (TPSA) is 89.7 Å². The predicted molar refractivity (Wildman–Crippen MR) is 149 cm³/mol. The van der Waals surface area contributed by atoms with Crippen LogP contribution in [0.2, 0.25) is 5.02 Å². The molecule has 1 atom stereocenters. The Balaban J connectivity index is 1.15. The second-order valence-corrected chi connectivity index (χ2v) is 10.5. The summed E-state index contributed by atoms with van der Waals surface area (Å²) in [6.07, 6.45) is 7.56. The summed E-state index contributed by atoms with van der Waals surface area (Å²) < 4.78 is 27.7. The minimum absolute atomic E-state index is 0.0851. The number of ether oxygens (including phenoxy) is 2. The van der Waals surface area contributed by atoms with Gasteiger partial charge >= 0.3 is 5.97 Å². The zero-order valence-corrected chi connectivity index (χ0v) is 22.5. The minimum atomic E-state index is -0.953. The van der Waals surface area contributed by atoms with Gasteiger partial charge in [0.25, 0.3) is 0 Å². The summed E-state index contributed by atoms with van der Waals surface area (Å²) in [5.41, 5.74) is 4.43. The van der Waals surface area contributed by atoms with E-state index in [1.807, 2.05) is 12.3 Å². The maximum absolute atomic E-state index is 14.1. The third-order valence-corrected chi connectivity index (χ3v) is 7.64. The standard InChI is InChI=1S/C30H28ClFN4O4/c31-23-3-1-21(26(32)13-23)18-40-25-11-22(14-33-15-25)19-5-8-35(9-6-19)17-29-34-27-4-2-20(30(37)38)12-28(27)36(29)16-24-7-10-39-24/h1-5,11-15,24H,6-10,16-18H2,(H,37,38)/t24-/m0/s1. The number of imidazole rings is 1. The molecule has 206 valence electrons. The number of aromatic carboxylic acids is 1. The summed E-state index contributed by atoms with van der Waals surface area (Å²) in [6, 6.07) is 11.5. The predicted octanol–water partition coefficient (Wildman–Crippen LogP) is 5.58. The van der Waals surface area contributed by atoms with E-state index in [0.717, 1.165) is 55.0 Å². The first-order valence-corrected chi connectivity index (χ1v) is 13.6. The molecule has 2 aromatic heterocycles. The Hall–Kier alpha value is -3.79. The summed E-state index contributed by atoms with van der Waals surface area (Å²) in [7, 11) is 0. The molecule has 10 heteroatoms. The van der Waals surface area contributed by atoms with Crippen LogP contribution in [0.5, 0.6) is 5.75 Å². The average Bonchev–Trinajstić information content (AvgIpc) is 3.26. The smallest absolute Gasteiger partial charge is 0.335 e. The second kappa shape index (κ2) is 11.4. The molecule has 1 N–H and O–H groups in total. The van der Waals surface area contributed by atoms with Gasteiger partial charge in [0.05, 0.1) is 42.0 Å². The van der Waals surface area contributed by atoms with Crippen molar-refractivity contribution in [2.45, 2.75) is 38.6 Å². The highest BCUT2D eigenvalue weighted by atomic mass is 35.5. The van der Waals surface area contributed by atoms with Crippen LogP contribution in [0.25, 0.3) is 16.6 Å². The molecule has 4 aromatic rings. The van der Waals surface area contributed by atoms with Crippen LogP contribution in [0.3, 0.4) is 0 Å². The van der Waals surface area contributed by atoms with Gasteiger partial charge in [-0.3, -0.25) is 9.88 Å². The number of fused-ring (bicyclic) bond motifs is 1. The van der Waals surface area contributed by atoms with Crippen LogP contribution in [0, 0.1) is 5.82 Å². The molecule has 0 spiro atoms. The fraction of sp³-hybridized carbons (Fsp3) is 0.300. The zero-order valence-electron chi connectivity index (χ0n) is 21.7. The molecular weight excluding hydrogens is 535 g/mol. The van der Waals surface area contributed by atoms with Crippen molar-refractivity contribution in [2.75, 3.05) is 19.7 Å². The van der Waals surface area contributed by atoms with Crippen molar-refractivity contribution in [1.29, 1.82) is 0 Å². The quantitative estimate of drug-likeness (QED) is 0.285. The maximum Gasteiger partial charge on any atom is 0.335 e. The molecule has 0 saturated carbocycles. The Morgan fingerprint density at radius 3 is 2.80 bits per heavy atom. The lowest BCUT2D eigenvalue weighted by atomic mass is 10.0. The summed E-state index contributed by atoms with van der Waals surface area (Å²) in [6.45, 7) is 3.70. The molecule has 1 fully saturated rings. The van der Waals surface area contributed by atoms with E-state index < -0.39 is 11.8 Å². The number of carboxylic acid groups (broad SMARTS) is 1. The Bertz CT molecular complexity index is 1600. The van der Waals surface area contributed by atoms with Crippen molar-refractivity contribution >= 4 is 34.2 Å². The second-order valence-electron chi connectivity index (χ2n) is 10.1. The first-order chi connectivity index (χ1) is 19.4. The highest BCUT2D eigenvalue weighted by molar-refractivity contribution is 6.30. The van der Waals surface area contributed by atoms with Crippen molar-refractivity contribution in [2.24, 2.45) is 0 Å². The Labute approximate surface area is 235 Å². The van der Waals surface area contributed by atoms with Crippen LogP contribution in [0.4, 0.5) is 4.39 Å². The van der Waals surface area contributed by atoms with Gasteiger partial charge in [-0.1, -0.05) is 23.7 Å². The third-order valence-electron chi connectivity index (χ3n) is 7.41. The van der Waals surface area contributed by atoms with Crippen molar-refractivity contribution in [1.82, 2.24) is 19.4 Å². The molecular formula is C30H28ClFN4O4. The Morgan fingerprint density at radius 2 is 2.08 bits per heavy atom. The molecule has 8 nitrogen and oxygen atoms in total. The van der Waals surface area contributed by atoms with E-state index in [-0.39, 0.29) is 18.3 Å². The molecule has 0 radical (unpaired) electrons. The molecule has 0 bridgehead atoms. The monoisotopic (exact) mass is 562 g/mol. The zero-order chi connectivity index (χ0) is 27.6. The summed E-state index contributed by atoms with van der Waals surface area (Å²) >= 11 is 5.84. The molecule has 1 saturated heterocycles. The molecule has 2 aliphatic rings. The molecule has 2 aliphatic heterocycles. The lowest BCUT2D eigenvalue weighted by molar-refractivity contribution is -0.0591. The van der Waals surface area contributed by atoms with E-state index in [1.165, 1.54) is 11.6 Å². The first-order valence-electron chi connectivity index (χ1n) is 13.2. The fourth-order valence-electron chi connectivity index (χ4n) is 5.05.